The zero-order chi connectivity index (χ0) is 15.2. The van der Waals surface area contributed by atoms with E-state index in [-0.39, 0.29) is 30.3 Å². The van der Waals surface area contributed by atoms with E-state index in [9.17, 15) is 9.59 Å². The highest BCUT2D eigenvalue weighted by atomic mass is 35.5. The molecule has 1 aromatic rings. The van der Waals surface area contributed by atoms with Gasteiger partial charge >= 0.3 is 0 Å². The van der Waals surface area contributed by atoms with Gasteiger partial charge in [0.1, 0.15) is 0 Å². The lowest BCUT2D eigenvalue weighted by atomic mass is 10.0. The van der Waals surface area contributed by atoms with Gasteiger partial charge in [0.15, 0.2) is 0 Å². The smallest absolute Gasteiger partial charge is 0.239 e. The third kappa shape index (κ3) is 5.31. The molecule has 2 unspecified atom stereocenters. The number of benzene rings is 1. The Bertz CT molecular complexity index is 495. The van der Waals surface area contributed by atoms with Crippen LogP contribution in [0.25, 0.3) is 0 Å². The van der Waals surface area contributed by atoms with Crippen molar-refractivity contribution < 1.29 is 9.59 Å². The summed E-state index contributed by atoms with van der Waals surface area (Å²) < 4.78 is 0. The van der Waals surface area contributed by atoms with Crippen molar-refractivity contribution in [3.8, 4) is 0 Å². The molecule has 3 N–H and O–H groups in total. The quantitative estimate of drug-likeness (QED) is 0.870. The standard InChI is InChI=1S/C16H23N3O2.ClH/c1-12(20)18-14-8-5-9-19(11-14)16(21)15(17)10-13-6-3-2-4-7-13;/h2-4,6-7,14-15H,5,8-11,17H2,1H3,(H,18,20);1H. The second kappa shape index (κ2) is 8.76. The highest BCUT2D eigenvalue weighted by Crippen LogP contribution is 2.12. The Balaban J connectivity index is 0.00000242. The summed E-state index contributed by atoms with van der Waals surface area (Å²) in [4.78, 5) is 25.3. The van der Waals surface area contributed by atoms with Crippen LogP contribution < -0.4 is 11.1 Å². The predicted molar refractivity (Wildman–Crippen MR) is 88.8 cm³/mol. The average Bonchev–Trinajstić information content (AvgIpc) is 2.47. The highest BCUT2D eigenvalue weighted by molar-refractivity contribution is 5.85. The van der Waals surface area contributed by atoms with Gasteiger partial charge in [-0.05, 0) is 24.8 Å². The molecular weight excluding hydrogens is 302 g/mol. The van der Waals surface area contributed by atoms with Crippen molar-refractivity contribution in [1.29, 1.82) is 0 Å². The van der Waals surface area contributed by atoms with Crippen LogP contribution in [0.4, 0.5) is 0 Å². The number of piperidine rings is 1. The molecule has 0 aromatic heterocycles. The van der Waals surface area contributed by atoms with Crippen LogP contribution in [-0.2, 0) is 16.0 Å². The van der Waals surface area contributed by atoms with Crippen molar-refractivity contribution in [1.82, 2.24) is 10.2 Å². The molecule has 22 heavy (non-hydrogen) atoms. The summed E-state index contributed by atoms with van der Waals surface area (Å²) in [6, 6.07) is 9.31. The van der Waals surface area contributed by atoms with Crippen LogP contribution in [0.3, 0.4) is 0 Å². The molecule has 1 fully saturated rings. The van der Waals surface area contributed by atoms with Crippen molar-refractivity contribution in [2.45, 2.75) is 38.3 Å². The number of hydrogen-bond donors (Lipinski definition) is 2. The van der Waals surface area contributed by atoms with E-state index in [0.717, 1.165) is 24.9 Å². The maximum atomic E-state index is 12.4. The topological polar surface area (TPSA) is 75.4 Å². The van der Waals surface area contributed by atoms with E-state index in [2.05, 4.69) is 5.32 Å². The molecule has 0 bridgehead atoms. The van der Waals surface area contributed by atoms with Crippen LogP contribution in [-0.4, -0.2) is 41.9 Å². The van der Waals surface area contributed by atoms with Crippen LogP contribution in [0, 0.1) is 0 Å². The van der Waals surface area contributed by atoms with Crippen molar-refractivity contribution in [2.24, 2.45) is 5.73 Å². The van der Waals surface area contributed by atoms with Crippen molar-refractivity contribution >= 4 is 24.2 Å². The molecule has 5 nitrogen and oxygen atoms in total. The summed E-state index contributed by atoms with van der Waals surface area (Å²) in [7, 11) is 0. The fourth-order valence-corrected chi connectivity index (χ4v) is 2.77. The lowest BCUT2D eigenvalue weighted by Crippen LogP contribution is -2.53. The maximum Gasteiger partial charge on any atom is 0.239 e. The molecule has 1 aliphatic heterocycles. The molecule has 0 radical (unpaired) electrons. The Morgan fingerprint density at radius 2 is 2.05 bits per heavy atom. The second-order valence-electron chi connectivity index (χ2n) is 5.62. The highest BCUT2D eigenvalue weighted by Gasteiger charge is 2.27. The molecular formula is C16H24ClN3O2. The molecule has 6 heteroatoms. The fraction of sp³-hybridized carbons (Fsp3) is 0.500. The molecule has 1 heterocycles. The lowest BCUT2D eigenvalue weighted by Gasteiger charge is -2.34. The van der Waals surface area contributed by atoms with Gasteiger partial charge in [0.05, 0.1) is 6.04 Å². The molecule has 1 aliphatic rings. The van der Waals surface area contributed by atoms with Gasteiger partial charge in [-0.15, -0.1) is 12.4 Å². The minimum absolute atomic E-state index is 0. The summed E-state index contributed by atoms with van der Waals surface area (Å²) in [5, 5.41) is 2.88. The molecule has 0 aliphatic carbocycles. The molecule has 0 spiro atoms. The van der Waals surface area contributed by atoms with Gasteiger partial charge in [0, 0.05) is 26.1 Å². The van der Waals surface area contributed by atoms with E-state index in [0.29, 0.717) is 13.0 Å². The summed E-state index contributed by atoms with van der Waals surface area (Å²) in [6.45, 7) is 2.78. The SMILES string of the molecule is CC(=O)NC1CCCN(C(=O)C(N)Cc2ccccc2)C1.Cl. The number of nitrogens with one attached hydrogen (secondary N) is 1. The predicted octanol–water partition coefficient (Wildman–Crippen LogP) is 1.11. The van der Waals surface area contributed by atoms with Gasteiger partial charge in [-0.25, -0.2) is 0 Å². The van der Waals surface area contributed by atoms with Gasteiger partial charge in [0.2, 0.25) is 11.8 Å². The van der Waals surface area contributed by atoms with Gasteiger partial charge in [0.25, 0.3) is 0 Å². The van der Waals surface area contributed by atoms with E-state index >= 15 is 0 Å². The Hall–Kier alpha value is -1.59. The van der Waals surface area contributed by atoms with Crippen molar-refractivity contribution in [3.05, 3.63) is 35.9 Å². The largest absolute Gasteiger partial charge is 0.352 e. The van der Waals surface area contributed by atoms with E-state index < -0.39 is 6.04 Å². The van der Waals surface area contributed by atoms with Crippen LogP contribution in [0.15, 0.2) is 30.3 Å². The first kappa shape index (κ1) is 18.5. The maximum absolute atomic E-state index is 12.4. The monoisotopic (exact) mass is 325 g/mol. The van der Waals surface area contributed by atoms with Gasteiger partial charge in [-0.2, -0.15) is 0 Å². The zero-order valence-corrected chi connectivity index (χ0v) is 13.6. The Labute approximate surface area is 137 Å². The van der Waals surface area contributed by atoms with Crippen LogP contribution in [0.1, 0.15) is 25.3 Å². The number of rotatable bonds is 4. The number of nitrogens with zero attached hydrogens (tertiary/aromatic N) is 1. The van der Waals surface area contributed by atoms with Crippen LogP contribution in [0.5, 0.6) is 0 Å². The van der Waals surface area contributed by atoms with E-state index in [4.69, 9.17) is 5.73 Å². The summed E-state index contributed by atoms with van der Waals surface area (Å²) in [5.74, 6) is -0.0863. The first-order valence-corrected chi connectivity index (χ1v) is 7.41. The number of carbonyl (C=O) groups excluding carboxylic acids is 2. The average molecular weight is 326 g/mol. The molecule has 2 atom stereocenters. The second-order valence-corrected chi connectivity index (χ2v) is 5.62. The fourth-order valence-electron chi connectivity index (χ4n) is 2.77. The Morgan fingerprint density at radius 1 is 1.36 bits per heavy atom. The van der Waals surface area contributed by atoms with E-state index in [1.807, 2.05) is 30.3 Å². The van der Waals surface area contributed by atoms with Crippen LogP contribution >= 0.6 is 12.4 Å². The van der Waals surface area contributed by atoms with Gasteiger partial charge in [-0.1, -0.05) is 30.3 Å². The van der Waals surface area contributed by atoms with Crippen molar-refractivity contribution in [2.75, 3.05) is 13.1 Å². The molecule has 122 valence electrons. The van der Waals surface area contributed by atoms with Gasteiger partial charge < -0.3 is 16.0 Å². The minimum atomic E-state index is -0.525. The Morgan fingerprint density at radius 3 is 2.68 bits per heavy atom. The van der Waals surface area contributed by atoms with E-state index in [1.54, 1.807) is 4.90 Å². The number of carbonyl (C=O) groups is 2. The number of nitrogens with two attached hydrogens (primary N) is 1. The molecule has 1 aromatic carbocycles. The molecule has 1 saturated heterocycles. The first-order valence-electron chi connectivity index (χ1n) is 7.41. The molecule has 0 saturated carbocycles. The first-order chi connectivity index (χ1) is 10.1. The molecule has 2 rings (SSSR count). The van der Waals surface area contributed by atoms with Gasteiger partial charge in [-0.3, -0.25) is 9.59 Å². The van der Waals surface area contributed by atoms with E-state index in [1.165, 1.54) is 6.92 Å². The minimum Gasteiger partial charge on any atom is -0.352 e. The zero-order valence-electron chi connectivity index (χ0n) is 12.8. The summed E-state index contributed by atoms with van der Waals surface area (Å²) in [6.07, 6.45) is 2.35. The third-order valence-corrected chi connectivity index (χ3v) is 3.76. The number of amides is 2. The molecule has 2 amide bonds. The number of halogens is 1. The van der Waals surface area contributed by atoms with Crippen LogP contribution in [0.2, 0.25) is 0 Å². The summed E-state index contributed by atoms with van der Waals surface area (Å²) >= 11 is 0. The Kier molecular flexibility index (Phi) is 7.35. The summed E-state index contributed by atoms with van der Waals surface area (Å²) in [5.41, 5.74) is 7.11. The van der Waals surface area contributed by atoms with Crippen molar-refractivity contribution in [3.63, 3.8) is 0 Å². The number of hydrogen-bond acceptors (Lipinski definition) is 3. The normalized spacial score (nSPS) is 19.0. The third-order valence-electron chi connectivity index (χ3n) is 3.76. The lowest BCUT2D eigenvalue weighted by molar-refractivity contribution is -0.134. The number of likely N-dealkylation sites (tertiary alicyclic amines) is 1.